The molecule has 0 saturated carbocycles. The van der Waals surface area contributed by atoms with Crippen LogP contribution < -0.4 is 13.9 Å². The Morgan fingerprint density at radius 2 is 1.79 bits per heavy atom. The monoisotopic (exact) mass is 464 g/mol. The van der Waals surface area contributed by atoms with Crippen LogP contribution in [0.5, 0.6) is 5.75 Å². The highest BCUT2D eigenvalue weighted by Gasteiger charge is 2.32. The lowest BCUT2D eigenvalue weighted by Crippen LogP contribution is -2.36. The van der Waals surface area contributed by atoms with Crippen LogP contribution in [0.4, 0.5) is 11.4 Å². The Bertz CT molecular complexity index is 1290. The molecule has 0 N–H and O–H groups in total. The van der Waals surface area contributed by atoms with E-state index < -0.39 is 10.0 Å². The van der Waals surface area contributed by atoms with Gasteiger partial charge < -0.3 is 9.64 Å². The van der Waals surface area contributed by atoms with Gasteiger partial charge in [0.15, 0.2) is 0 Å². The lowest BCUT2D eigenvalue weighted by Gasteiger charge is -2.31. The number of amides is 1. The summed E-state index contributed by atoms with van der Waals surface area (Å²) in [5, 5.41) is 0. The number of fused-ring (bicyclic) bond motifs is 1. The Morgan fingerprint density at radius 1 is 1.06 bits per heavy atom. The Balaban J connectivity index is 1.78. The molecule has 33 heavy (non-hydrogen) atoms. The fourth-order valence-electron chi connectivity index (χ4n) is 4.32. The molecule has 1 aliphatic rings. The van der Waals surface area contributed by atoms with Gasteiger partial charge in [0.25, 0.3) is 15.9 Å². The number of ether oxygens (including phenoxy) is 1. The molecule has 4 rings (SSSR count). The molecule has 1 aliphatic heterocycles. The summed E-state index contributed by atoms with van der Waals surface area (Å²) in [5.74, 6) is -0.0431. The maximum atomic E-state index is 13.8. The molecule has 0 aromatic heterocycles. The first-order valence-corrected chi connectivity index (χ1v) is 12.5. The number of carbonyl (C=O) groups is 1. The molecule has 0 atom stereocenters. The van der Waals surface area contributed by atoms with E-state index in [0.29, 0.717) is 24.3 Å². The third-order valence-electron chi connectivity index (χ3n) is 6.01. The number of aryl methyl sites for hydroxylation is 2. The van der Waals surface area contributed by atoms with Crippen molar-refractivity contribution in [3.8, 4) is 5.75 Å². The van der Waals surface area contributed by atoms with E-state index in [-0.39, 0.29) is 16.6 Å². The summed E-state index contributed by atoms with van der Waals surface area (Å²) in [6.07, 6.45) is 1.56. The number of rotatable bonds is 6. The second kappa shape index (κ2) is 9.27. The summed E-state index contributed by atoms with van der Waals surface area (Å²) in [7, 11) is -2.51. The lowest BCUT2D eigenvalue weighted by molar-refractivity contribution is 0.0988. The minimum atomic E-state index is -3.94. The van der Waals surface area contributed by atoms with Gasteiger partial charge in [0.2, 0.25) is 0 Å². The van der Waals surface area contributed by atoms with Crippen LogP contribution in [0.15, 0.2) is 71.6 Å². The van der Waals surface area contributed by atoms with Crippen molar-refractivity contribution < 1.29 is 17.9 Å². The molecule has 6 nitrogen and oxygen atoms in total. The first-order chi connectivity index (χ1) is 15.9. The molecule has 3 aromatic carbocycles. The normalized spacial score (nSPS) is 13.4. The Hall–Kier alpha value is -3.32. The van der Waals surface area contributed by atoms with E-state index in [2.05, 4.69) is 0 Å². The number of sulfonamides is 1. The fourth-order valence-corrected chi connectivity index (χ4v) is 6.05. The van der Waals surface area contributed by atoms with Crippen molar-refractivity contribution in [2.24, 2.45) is 0 Å². The summed E-state index contributed by atoms with van der Waals surface area (Å²) >= 11 is 0. The highest BCUT2D eigenvalue weighted by molar-refractivity contribution is 7.93. The number of anilines is 2. The zero-order valence-corrected chi connectivity index (χ0v) is 19.9. The van der Waals surface area contributed by atoms with E-state index in [1.165, 1.54) is 17.5 Å². The van der Waals surface area contributed by atoms with Crippen molar-refractivity contribution in [3.63, 3.8) is 0 Å². The standard InChI is InChI=1S/C26H28N2O4S/c1-4-27(22-13-7-5-10-19(22)2)26(29)21-15-16-24(32-3)25(18-21)33(30,31)28-17-9-12-20-11-6-8-14-23(20)28/h5-8,10-11,13-16,18H,4,9,12,17H2,1-3H3. The van der Waals surface area contributed by atoms with Gasteiger partial charge >= 0.3 is 0 Å². The van der Waals surface area contributed by atoms with Crippen LogP contribution in [-0.2, 0) is 16.4 Å². The number of hydrogen-bond donors (Lipinski definition) is 0. The summed E-state index contributed by atoms with van der Waals surface area (Å²) < 4.78 is 34.4. The molecule has 7 heteroatoms. The van der Waals surface area contributed by atoms with Crippen molar-refractivity contribution in [2.75, 3.05) is 29.4 Å². The molecule has 172 valence electrons. The summed E-state index contributed by atoms with van der Waals surface area (Å²) in [5.41, 5.74) is 3.74. The lowest BCUT2D eigenvalue weighted by atomic mass is 10.0. The first kappa shape index (κ1) is 22.9. The Labute approximate surface area is 195 Å². The topological polar surface area (TPSA) is 66.9 Å². The molecular formula is C26H28N2O4S. The Kier molecular flexibility index (Phi) is 6.42. The van der Waals surface area contributed by atoms with Crippen molar-refractivity contribution in [3.05, 3.63) is 83.4 Å². The van der Waals surface area contributed by atoms with Gasteiger partial charge in [-0.25, -0.2) is 8.42 Å². The maximum absolute atomic E-state index is 13.8. The van der Waals surface area contributed by atoms with E-state index in [4.69, 9.17) is 4.74 Å². The van der Waals surface area contributed by atoms with Crippen LogP contribution in [-0.4, -0.2) is 34.5 Å². The first-order valence-electron chi connectivity index (χ1n) is 11.0. The molecule has 1 amide bonds. The predicted molar refractivity (Wildman–Crippen MR) is 131 cm³/mol. The second-order valence-electron chi connectivity index (χ2n) is 8.01. The zero-order valence-electron chi connectivity index (χ0n) is 19.1. The smallest absolute Gasteiger partial charge is 0.268 e. The minimum absolute atomic E-state index is 0.00612. The van der Waals surface area contributed by atoms with Gasteiger partial charge in [-0.3, -0.25) is 9.10 Å². The van der Waals surface area contributed by atoms with Crippen LogP contribution in [0, 0.1) is 6.92 Å². The number of nitrogens with zero attached hydrogens (tertiary/aromatic N) is 2. The number of benzene rings is 3. The minimum Gasteiger partial charge on any atom is -0.495 e. The zero-order chi connectivity index (χ0) is 23.6. The third-order valence-corrected chi connectivity index (χ3v) is 7.85. The van der Waals surface area contributed by atoms with Gasteiger partial charge in [-0.2, -0.15) is 0 Å². The van der Waals surface area contributed by atoms with Crippen LogP contribution in [0.2, 0.25) is 0 Å². The van der Waals surface area contributed by atoms with Gasteiger partial charge in [-0.1, -0.05) is 36.4 Å². The second-order valence-corrected chi connectivity index (χ2v) is 9.84. The molecule has 0 bridgehead atoms. The number of methoxy groups -OCH3 is 1. The predicted octanol–water partition coefficient (Wildman–Crippen LogP) is 4.81. The number of hydrogen-bond acceptors (Lipinski definition) is 4. The van der Waals surface area contributed by atoms with E-state index in [9.17, 15) is 13.2 Å². The van der Waals surface area contributed by atoms with Crippen molar-refractivity contribution >= 4 is 27.3 Å². The summed E-state index contributed by atoms with van der Waals surface area (Å²) in [6.45, 7) is 4.68. The van der Waals surface area contributed by atoms with Crippen LogP contribution in [0.25, 0.3) is 0 Å². The van der Waals surface area contributed by atoms with Crippen molar-refractivity contribution in [1.82, 2.24) is 0 Å². The van der Waals surface area contributed by atoms with Crippen LogP contribution in [0.1, 0.15) is 34.8 Å². The largest absolute Gasteiger partial charge is 0.495 e. The molecule has 3 aromatic rings. The van der Waals surface area contributed by atoms with Crippen molar-refractivity contribution in [2.45, 2.75) is 31.6 Å². The third kappa shape index (κ3) is 4.20. The number of carbonyl (C=O) groups excluding carboxylic acids is 1. The molecule has 0 spiro atoms. The van der Waals surface area contributed by atoms with Crippen LogP contribution in [0.3, 0.4) is 0 Å². The molecule has 0 unspecified atom stereocenters. The van der Waals surface area contributed by atoms with E-state index in [0.717, 1.165) is 29.7 Å². The average Bonchev–Trinajstić information content (AvgIpc) is 2.84. The molecule has 0 aliphatic carbocycles. The van der Waals surface area contributed by atoms with Crippen molar-refractivity contribution in [1.29, 1.82) is 0 Å². The SMILES string of the molecule is CCN(C(=O)c1ccc(OC)c(S(=O)(=O)N2CCCc3ccccc32)c1)c1ccccc1C. The van der Waals surface area contributed by atoms with Gasteiger partial charge in [0, 0.05) is 24.3 Å². The van der Waals surface area contributed by atoms with E-state index in [1.54, 1.807) is 17.0 Å². The Morgan fingerprint density at radius 3 is 2.52 bits per heavy atom. The highest BCUT2D eigenvalue weighted by Crippen LogP contribution is 2.35. The summed E-state index contributed by atoms with van der Waals surface area (Å²) in [4.78, 5) is 15.1. The van der Waals surface area contributed by atoms with Gasteiger partial charge in [-0.15, -0.1) is 0 Å². The molecule has 0 saturated heterocycles. The van der Waals surface area contributed by atoms with E-state index in [1.807, 2.05) is 62.4 Å². The molecule has 0 fully saturated rings. The van der Waals surface area contributed by atoms with Gasteiger partial charge in [-0.05, 0) is 68.1 Å². The molecular weight excluding hydrogens is 436 g/mol. The highest BCUT2D eigenvalue weighted by atomic mass is 32.2. The van der Waals surface area contributed by atoms with Crippen LogP contribution >= 0.6 is 0 Å². The number of para-hydroxylation sites is 2. The average molecular weight is 465 g/mol. The fraction of sp³-hybridized carbons (Fsp3) is 0.269. The van der Waals surface area contributed by atoms with E-state index >= 15 is 0 Å². The molecule has 0 radical (unpaired) electrons. The van der Waals surface area contributed by atoms with Gasteiger partial charge in [0.1, 0.15) is 10.6 Å². The van der Waals surface area contributed by atoms with Gasteiger partial charge in [0.05, 0.1) is 12.8 Å². The quantitative estimate of drug-likeness (QED) is 0.525. The maximum Gasteiger partial charge on any atom is 0.268 e. The summed E-state index contributed by atoms with van der Waals surface area (Å²) in [6, 6.07) is 19.8. The molecule has 1 heterocycles.